The molecule has 1 aliphatic rings. The van der Waals surface area contributed by atoms with Crippen LogP contribution in [-0.4, -0.2) is 0 Å². The van der Waals surface area contributed by atoms with Gasteiger partial charge in [0, 0.05) is 15.2 Å². The second kappa shape index (κ2) is 4.14. The van der Waals surface area contributed by atoms with Gasteiger partial charge in [-0.05, 0) is 53.1 Å². The van der Waals surface area contributed by atoms with Gasteiger partial charge in [-0.1, -0.05) is 12.8 Å². The molecular weight excluding hydrogens is 292 g/mol. The van der Waals surface area contributed by atoms with Gasteiger partial charge in [0.15, 0.2) is 0 Å². The van der Waals surface area contributed by atoms with Crippen molar-refractivity contribution in [3.63, 3.8) is 0 Å². The van der Waals surface area contributed by atoms with Crippen molar-refractivity contribution in [1.82, 2.24) is 0 Å². The Morgan fingerprint density at radius 2 is 2.21 bits per heavy atom. The van der Waals surface area contributed by atoms with Gasteiger partial charge in [0.25, 0.3) is 0 Å². The summed E-state index contributed by atoms with van der Waals surface area (Å²) in [5.74, 6) is 0.570. The Morgan fingerprint density at radius 3 is 2.86 bits per heavy atom. The van der Waals surface area contributed by atoms with Gasteiger partial charge in [0.05, 0.1) is 0 Å². The van der Waals surface area contributed by atoms with Crippen molar-refractivity contribution < 1.29 is 4.39 Å². The van der Waals surface area contributed by atoms with Crippen LogP contribution in [0.25, 0.3) is 0 Å². The highest BCUT2D eigenvalue weighted by Gasteiger charge is 2.25. The van der Waals surface area contributed by atoms with Crippen LogP contribution in [0.1, 0.15) is 30.9 Å². The van der Waals surface area contributed by atoms with E-state index in [-0.39, 0.29) is 11.9 Å². The summed E-state index contributed by atoms with van der Waals surface area (Å²) in [6.07, 6.45) is 3.45. The number of hydrogen-bond acceptors (Lipinski definition) is 1. The third-order valence-electron chi connectivity index (χ3n) is 2.64. The minimum Gasteiger partial charge on any atom is -0.324 e. The van der Waals surface area contributed by atoms with E-state index in [1.165, 1.54) is 18.9 Å². The van der Waals surface area contributed by atoms with Crippen molar-refractivity contribution in [1.29, 1.82) is 0 Å². The third kappa shape index (κ3) is 2.45. The molecule has 1 aromatic rings. The van der Waals surface area contributed by atoms with E-state index in [0.29, 0.717) is 5.56 Å². The Kier molecular flexibility index (Phi) is 3.07. The van der Waals surface area contributed by atoms with Gasteiger partial charge in [0.1, 0.15) is 5.82 Å². The fraction of sp³-hybridized carbons (Fsp3) is 0.455. The maximum Gasteiger partial charge on any atom is 0.128 e. The highest BCUT2D eigenvalue weighted by Crippen LogP contribution is 2.37. The first-order valence-corrected chi connectivity index (χ1v) is 5.95. The molecule has 2 rings (SSSR count). The quantitative estimate of drug-likeness (QED) is 0.853. The molecule has 0 bridgehead atoms. The van der Waals surface area contributed by atoms with Crippen LogP contribution in [0.2, 0.25) is 0 Å². The summed E-state index contributed by atoms with van der Waals surface area (Å²) in [5.41, 5.74) is 6.63. The monoisotopic (exact) mass is 305 g/mol. The first-order chi connectivity index (χ1) is 6.66. The molecule has 1 fully saturated rings. The van der Waals surface area contributed by atoms with E-state index in [1.807, 2.05) is 6.07 Å². The summed E-state index contributed by atoms with van der Waals surface area (Å²) in [4.78, 5) is 0. The molecule has 0 radical (unpaired) electrons. The summed E-state index contributed by atoms with van der Waals surface area (Å²) in [6.45, 7) is 0. The minimum absolute atomic E-state index is 0.128. The van der Waals surface area contributed by atoms with Crippen molar-refractivity contribution in [3.05, 3.63) is 33.1 Å². The molecule has 1 saturated carbocycles. The first kappa shape index (κ1) is 10.4. The Morgan fingerprint density at radius 1 is 1.50 bits per heavy atom. The summed E-state index contributed by atoms with van der Waals surface area (Å²) in [6, 6.07) is 4.99. The van der Waals surface area contributed by atoms with Gasteiger partial charge in [-0.3, -0.25) is 0 Å². The molecule has 2 N–H and O–H groups in total. The number of rotatable bonds is 3. The van der Waals surface area contributed by atoms with Crippen molar-refractivity contribution in [2.45, 2.75) is 25.3 Å². The molecule has 0 spiro atoms. The Labute approximate surface area is 97.0 Å². The first-order valence-electron chi connectivity index (χ1n) is 4.87. The maximum atomic E-state index is 13.4. The summed E-state index contributed by atoms with van der Waals surface area (Å²) >= 11 is 2.18. The molecular formula is C11H13FIN. The molecule has 0 aromatic heterocycles. The highest BCUT2D eigenvalue weighted by atomic mass is 127. The molecule has 0 unspecified atom stereocenters. The molecule has 0 saturated heterocycles. The molecule has 0 aliphatic heterocycles. The van der Waals surface area contributed by atoms with Crippen molar-refractivity contribution >= 4 is 22.6 Å². The summed E-state index contributed by atoms with van der Waals surface area (Å²) in [5, 5.41) is 0. The number of hydrogen-bond donors (Lipinski definition) is 1. The Hall–Kier alpha value is -0.160. The van der Waals surface area contributed by atoms with E-state index >= 15 is 0 Å². The topological polar surface area (TPSA) is 26.0 Å². The minimum atomic E-state index is -0.168. The van der Waals surface area contributed by atoms with Gasteiger partial charge in [0.2, 0.25) is 0 Å². The van der Waals surface area contributed by atoms with Crippen LogP contribution in [0.15, 0.2) is 18.2 Å². The van der Waals surface area contributed by atoms with E-state index in [1.54, 1.807) is 6.07 Å². The molecule has 76 valence electrons. The normalized spacial score (nSPS) is 18.2. The number of halogens is 2. The lowest BCUT2D eigenvalue weighted by atomic mass is 10.0. The lowest BCUT2D eigenvalue weighted by molar-refractivity contribution is 0.542. The molecule has 1 nitrogen and oxygen atoms in total. The smallest absolute Gasteiger partial charge is 0.128 e. The summed E-state index contributed by atoms with van der Waals surface area (Å²) in [7, 11) is 0. The fourth-order valence-corrected chi connectivity index (χ4v) is 2.15. The zero-order valence-electron chi connectivity index (χ0n) is 7.84. The van der Waals surface area contributed by atoms with Gasteiger partial charge in [-0.15, -0.1) is 0 Å². The van der Waals surface area contributed by atoms with Gasteiger partial charge >= 0.3 is 0 Å². The van der Waals surface area contributed by atoms with E-state index in [9.17, 15) is 4.39 Å². The van der Waals surface area contributed by atoms with Crippen molar-refractivity contribution in [2.24, 2.45) is 11.7 Å². The lowest BCUT2D eigenvalue weighted by Gasteiger charge is -2.12. The molecule has 14 heavy (non-hydrogen) atoms. The van der Waals surface area contributed by atoms with Crippen LogP contribution in [0.5, 0.6) is 0 Å². The van der Waals surface area contributed by atoms with Crippen LogP contribution < -0.4 is 5.73 Å². The van der Waals surface area contributed by atoms with Crippen molar-refractivity contribution in [3.8, 4) is 0 Å². The maximum absolute atomic E-state index is 13.4. The second-order valence-electron chi connectivity index (χ2n) is 3.95. The van der Waals surface area contributed by atoms with Gasteiger partial charge in [-0.2, -0.15) is 0 Å². The van der Waals surface area contributed by atoms with E-state index in [0.717, 1.165) is 15.9 Å². The summed E-state index contributed by atoms with van der Waals surface area (Å²) < 4.78 is 14.5. The number of benzene rings is 1. The zero-order valence-corrected chi connectivity index (χ0v) is 10.00. The fourth-order valence-electron chi connectivity index (χ4n) is 1.64. The SMILES string of the molecule is N[C@H](CC1CC1)c1cc(I)ccc1F. The molecule has 1 atom stereocenters. The van der Waals surface area contributed by atoms with E-state index < -0.39 is 0 Å². The van der Waals surface area contributed by atoms with Crippen LogP contribution in [0, 0.1) is 15.3 Å². The van der Waals surface area contributed by atoms with Crippen LogP contribution in [0.4, 0.5) is 4.39 Å². The largest absolute Gasteiger partial charge is 0.324 e. The number of nitrogens with two attached hydrogens (primary N) is 1. The predicted octanol–water partition coefficient (Wildman–Crippen LogP) is 3.23. The molecule has 1 aliphatic carbocycles. The molecule has 0 amide bonds. The van der Waals surface area contributed by atoms with Crippen molar-refractivity contribution in [2.75, 3.05) is 0 Å². The van der Waals surface area contributed by atoms with Gasteiger partial charge < -0.3 is 5.73 Å². The molecule has 3 heteroatoms. The van der Waals surface area contributed by atoms with Crippen LogP contribution in [0.3, 0.4) is 0 Å². The standard InChI is InChI=1S/C11H13FIN/c12-10-4-3-8(13)6-9(10)11(14)5-7-1-2-7/h3-4,6-7,11H,1-2,5,14H2/t11-/m1/s1. The van der Waals surface area contributed by atoms with E-state index in [2.05, 4.69) is 22.6 Å². The van der Waals surface area contributed by atoms with Crippen LogP contribution in [-0.2, 0) is 0 Å². The highest BCUT2D eigenvalue weighted by molar-refractivity contribution is 14.1. The second-order valence-corrected chi connectivity index (χ2v) is 5.20. The average molecular weight is 305 g/mol. The molecule has 1 aromatic carbocycles. The van der Waals surface area contributed by atoms with Gasteiger partial charge in [-0.25, -0.2) is 4.39 Å². The molecule has 0 heterocycles. The van der Waals surface area contributed by atoms with E-state index in [4.69, 9.17) is 5.73 Å². The lowest BCUT2D eigenvalue weighted by Crippen LogP contribution is -2.13. The predicted molar refractivity (Wildman–Crippen MR) is 63.4 cm³/mol. The Balaban J connectivity index is 2.15. The zero-order chi connectivity index (χ0) is 10.1. The average Bonchev–Trinajstić information content (AvgIpc) is 2.93. The Bertz CT molecular complexity index is 336. The van der Waals surface area contributed by atoms with Crippen LogP contribution >= 0.6 is 22.6 Å². The third-order valence-corrected chi connectivity index (χ3v) is 3.31.